The Balaban J connectivity index is 1.76. The first-order chi connectivity index (χ1) is 13.6. The summed E-state index contributed by atoms with van der Waals surface area (Å²) >= 11 is 1.63. The third-order valence-corrected chi connectivity index (χ3v) is 5.53. The van der Waals surface area contributed by atoms with Gasteiger partial charge in [-0.2, -0.15) is 21.5 Å². The molecule has 0 atom stereocenters. The van der Waals surface area contributed by atoms with Crippen molar-refractivity contribution in [2.45, 2.75) is 20.4 Å². The smallest absolute Gasteiger partial charge is 0.265 e. The summed E-state index contributed by atoms with van der Waals surface area (Å²) in [5.41, 5.74) is 4.82. The van der Waals surface area contributed by atoms with Crippen LogP contribution in [0.4, 0.5) is 0 Å². The Morgan fingerprint density at radius 2 is 1.89 bits per heavy atom. The van der Waals surface area contributed by atoms with Gasteiger partial charge < -0.3 is 0 Å². The number of rotatable bonds is 3. The van der Waals surface area contributed by atoms with Crippen molar-refractivity contribution in [3.05, 3.63) is 80.7 Å². The van der Waals surface area contributed by atoms with E-state index in [-0.39, 0.29) is 5.56 Å². The van der Waals surface area contributed by atoms with E-state index in [4.69, 9.17) is 5.10 Å². The molecule has 5 rings (SSSR count). The highest BCUT2D eigenvalue weighted by Crippen LogP contribution is 2.26. The van der Waals surface area contributed by atoms with Crippen molar-refractivity contribution >= 4 is 27.8 Å². The molecule has 0 radical (unpaired) electrons. The van der Waals surface area contributed by atoms with Crippen molar-refractivity contribution in [1.29, 1.82) is 0 Å². The Morgan fingerprint density at radius 1 is 1.07 bits per heavy atom. The second-order valence-corrected chi connectivity index (χ2v) is 7.54. The van der Waals surface area contributed by atoms with Gasteiger partial charge in [-0.1, -0.05) is 30.3 Å². The van der Waals surface area contributed by atoms with Gasteiger partial charge in [-0.25, -0.2) is 14.2 Å². The van der Waals surface area contributed by atoms with Crippen LogP contribution in [0.1, 0.15) is 17.1 Å². The van der Waals surface area contributed by atoms with Gasteiger partial charge in [0.05, 0.1) is 28.8 Å². The lowest BCUT2D eigenvalue weighted by atomic mass is 10.2. The summed E-state index contributed by atoms with van der Waals surface area (Å²) in [4.78, 5) is 17.7. The van der Waals surface area contributed by atoms with Crippen LogP contribution < -0.4 is 5.56 Å². The summed E-state index contributed by atoms with van der Waals surface area (Å²) in [6.45, 7) is 4.20. The molecule has 4 heterocycles. The molecule has 7 heteroatoms. The maximum Gasteiger partial charge on any atom is 0.293 e. The van der Waals surface area contributed by atoms with Crippen molar-refractivity contribution in [3.8, 4) is 11.3 Å². The van der Waals surface area contributed by atoms with Crippen LogP contribution in [0.3, 0.4) is 0 Å². The Bertz CT molecular complexity index is 1370. The topological polar surface area (TPSA) is 65.1 Å². The van der Waals surface area contributed by atoms with E-state index in [1.165, 1.54) is 4.68 Å². The maximum atomic E-state index is 13.1. The SMILES string of the molecule is Cc1nn(Cc2ccccc2)c(=O)c2nc(C)n3nc(-c4ccsc4)cc3c12. The minimum Gasteiger partial charge on any atom is -0.265 e. The van der Waals surface area contributed by atoms with E-state index in [0.29, 0.717) is 17.9 Å². The fourth-order valence-electron chi connectivity index (χ4n) is 3.52. The highest BCUT2D eigenvalue weighted by Gasteiger charge is 2.17. The van der Waals surface area contributed by atoms with Gasteiger partial charge in [0.15, 0.2) is 0 Å². The maximum absolute atomic E-state index is 13.1. The zero-order chi connectivity index (χ0) is 19.3. The molecule has 0 bridgehead atoms. The predicted molar refractivity (Wildman–Crippen MR) is 111 cm³/mol. The van der Waals surface area contributed by atoms with Crippen molar-refractivity contribution in [3.63, 3.8) is 0 Å². The third kappa shape index (κ3) is 2.63. The first kappa shape index (κ1) is 16.8. The Kier molecular flexibility index (Phi) is 3.84. The van der Waals surface area contributed by atoms with Gasteiger partial charge in [0.1, 0.15) is 11.3 Å². The number of thiophene rings is 1. The lowest BCUT2D eigenvalue weighted by molar-refractivity contribution is 0.635. The van der Waals surface area contributed by atoms with E-state index in [9.17, 15) is 4.79 Å². The molecular weight excluding hydrogens is 370 g/mol. The Morgan fingerprint density at radius 3 is 2.64 bits per heavy atom. The zero-order valence-corrected chi connectivity index (χ0v) is 16.3. The molecule has 5 aromatic rings. The number of aromatic nitrogens is 5. The fraction of sp³-hybridized carbons (Fsp3) is 0.143. The number of nitrogens with zero attached hydrogens (tertiary/aromatic N) is 5. The number of hydrogen-bond donors (Lipinski definition) is 0. The van der Waals surface area contributed by atoms with Gasteiger partial charge in [0.25, 0.3) is 5.56 Å². The quantitative estimate of drug-likeness (QED) is 0.472. The Labute approximate surface area is 164 Å². The van der Waals surface area contributed by atoms with Gasteiger partial charge >= 0.3 is 0 Å². The van der Waals surface area contributed by atoms with Gasteiger partial charge in [0.2, 0.25) is 0 Å². The second kappa shape index (κ2) is 6.38. The van der Waals surface area contributed by atoms with Crippen LogP contribution in [0, 0.1) is 13.8 Å². The standard InChI is InChI=1S/C21H17N5OS/c1-13-19-18-10-17(16-8-9-28-12-16)24-26(18)14(2)22-20(19)21(27)25(23-13)11-15-6-4-3-5-7-15/h3-10,12H,11H2,1-2H3. The molecule has 138 valence electrons. The minimum atomic E-state index is -0.187. The monoisotopic (exact) mass is 387 g/mol. The number of benzene rings is 1. The van der Waals surface area contributed by atoms with Crippen molar-refractivity contribution in [1.82, 2.24) is 24.4 Å². The zero-order valence-electron chi connectivity index (χ0n) is 15.5. The molecular formula is C21H17N5OS. The molecule has 0 aliphatic rings. The van der Waals surface area contributed by atoms with Crippen LogP contribution in [-0.2, 0) is 6.54 Å². The lowest BCUT2D eigenvalue weighted by Crippen LogP contribution is -2.26. The largest absolute Gasteiger partial charge is 0.293 e. The molecule has 0 aliphatic carbocycles. The summed E-state index contributed by atoms with van der Waals surface area (Å²) in [7, 11) is 0. The molecule has 6 nitrogen and oxygen atoms in total. The second-order valence-electron chi connectivity index (χ2n) is 6.76. The van der Waals surface area contributed by atoms with Crippen molar-refractivity contribution in [2.75, 3.05) is 0 Å². The number of fused-ring (bicyclic) bond motifs is 3. The van der Waals surface area contributed by atoms with Gasteiger partial charge in [-0.3, -0.25) is 4.79 Å². The van der Waals surface area contributed by atoms with Gasteiger partial charge in [0, 0.05) is 10.9 Å². The minimum absolute atomic E-state index is 0.187. The van der Waals surface area contributed by atoms with Crippen LogP contribution in [0.15, 0.2) is 58.0 Å². The van der Waals surface area contributed by atoms with E-state index in [0.717, 1.165) is 33.4 Å². The third-order valence-electron chi connectivity index (χ3n) is 4.84. The normalized spacial score (nSPS) is 11.5. The summed E-state index contributed by atoms with van der Waals surface area (Å²) in [6, 6.07) is 13.9. The molecule has 0 aliphatic heterocycles. The first-order valence-electron chi connectivity index (χ1n) is 8.96. The molecule has 0 spiro atoms. The number of aryl methyl sites for hydroxylation is 2. The molecule has 0 unspecified atom stereocenters. The molecule has 0 fully saturated rings. The van der Waals surface area contributed by atoms with Crippen LogP contribution in [-0.4, -0.2) is 24.4 Å². The number of hydrogen-bond acceptors (Lipinski definition) is 5. The predicted octanol–water partition coefficient (Wildman–Crippen LogP) is 3.83. The molecule has 0 saturated carbocycles. The van der Waals surface area contributed by atoms with Gasteiger partial charge in [-0.05, 0) is 36.9 Å². The van der Waals surface area contributed by atoms with Crippen molar-refractivity contribution in [2.24, 2.45) is 0 Å². The van der Waals surface area contributed by atoms with Crippen LogP contribution in [0.5, 0.6) is 0 Å². The van der Waals surface area contributed by atoms with Crippen LogP contribution in [0.25, 0.3) is 27.7 Å². The lowest BCUT2D eigenvalue weighted by Gasteiger charge is -2.10. The van der Waals surface area contributed by atoms with E-state index in [2.05, 4.69) is 15.5 Å². The molecule has 1 aromatic carbocycles. The molecule has 0 saturated heterocycles. The average Bonchev–Trinajstić information content (AvgIpc) is 3.36. The van der Waals surface area contributed by atoms with Gasteiger partial charge in [-0.15, -0.1) is 0 Å². The summed E-state index contributed by atoms with van der Waals surface area (Å²) in [5.74, 6) is 0.679. The van der Waals surface area contributed by atoms with Crippen molar-refractivity contribution < 1.29 is 0 Å². The van der Waals surface area contributed by atoms with E-state index < -0.39 is 0 Å². The molecule has 28 heavy (non-hydrogen) atoms. The first-order valence-corrected chi connectivity index (χ1v) is 9.90. The van der Waals surface area contributed by atoms with E-state index >= 15 is 0 Å². The van der Waals surface area contributed by atoms with Crippen LogP contribution >= 0.6 is 11.3 Å². The van der Waals surface area contributed by atoms with Crippen LogP contribution in [0.2, 0.25) is 0 Å². The fourth-order valence-corrected chi connectivity index (χ4v) is 4.17. The summed E-state index contributed by atoms with van der Waals surface area (Å²) in [6.07, 6.45) is 0. The molecule has 0 amide bonds. The van der Waals surface area contributed by atoms with E-state index in [1.54, 1.807) is 15.9 Å². The Hall–Kier alpha value is -3.32. The highest BCUT2D eigenvalue weighted by molar-refractivity contribution is 7.08. The average molecular weight is 387 g/mol. The van der Waals surface area contributed by atoms with E-state index in [1.807, 2.05) is 61.7 Å². The summed E-state index contributed by atoms with van der Waals surface area (Å²) in [5, 5.41) is 14.1. The molecule has 4 aromatic heterocycles. The summed E-state index contributed by atoms with van der Waals surface area (Å²) < 4.78 is 3.29. The highest BCUT2D eigenvalue weighted by atomic mass is 32.1. The molecule has 0 N–H and O–H groups in total.